The molecule has 318 valence electrons. The molecule has 9 aromatic carbocycles. The Bertz CT molecular complexity index is 3010. The summed E-state index contributed by atoms with van der Waals surface area (Å²) in [7, 11) is 0. The van der Waals surface area contributed by atoms with E-state index in [4.69, 9.17) is 4.42 Å². The second-order valence-electron chi connectivity index (χ2n) is 19.2. The number of fused-ring (bicyclic) bond motifs is 3. The van der Waals surface area contributed by atoms with Gasteiger partial charge in [0.15, 0.2) is 0 Å². The highest BCUT2D eigenvalue weighted by atomic mass is 16.3. The normalized spacial score (nSPS) is 11.8. The summed E-state index contributed by atoms with van der Waals surface area (Å²) in [6.45, 7) is 13.8. The first-order chi connectivity index (χ1) is 31.5. The molecule has 0 spiro atoms. The van der Waals surface area contributed by atoms with Gasteiger partial charge in [0.1, 0.15) is 11.2 Å². The zero-order chi connectivity index (χ0) is 44.7. The summed E-state index contributed by atoms with van der Waals surface area (Å²) >= 11 is 0. The number of para-hydroxylation sites is 2. The highest BCUT2D eigenvalue weighted by Crippen LogP contribution is 2.47. The van der Waals surface area contributed by atoms with E-state index in [9.17, 15) is 0 Å². The summed E-state index contributed by atoms with van der Waals surface area (Å²) in [5.41, 5.74) is 19.4. The molecule has 65 heavy (non-hydrogen) atoms. The fourth-order valence-corrected chi connectivity index (χ4v) is 8.99. The summed E-state index contributed by atoms with van der Waals surface area (Å²) in [5, 5.41) is 10.4. The lowest BCUT2D eigenvalue weighted by atomic mass is 9.82. The summed E-state index contributed by atoms with van der Waals surface area (Å²) in [5.74, 6) is 0. The fourth-order valence-electron chi connectivity index (χ4n) is 8.99. The molecule has 0 radical (unpaired) electrons. The molecule has 0 saturated heterocycles. The summed E-state index contributed by atoms with van der Waals surface area (Å²) in [4.78, 5) is 0. The fraction of sp³-hybridized carbons (Fsp3) is 0.129. The number of rotatable bonds is 9. The highest BCUT2D eigenvalue weighted by Gasteiger charge is 2.24. The van der Waals surface area contributed by atoms with Crippen molar-refractivity contribution in [2.75, 3.05) is 10.6 Å². The Morgan fingerprint density at radius 1 is 0.323 bits per heavy atom. The van der Waals surface area contributed by atoms with Crippen molar-refractivity contribution in [1.29, 1.82) is 0 Å². The van der Waals surface area contributed by atoms with Gasteiger partial charge in [-0.15, -0.1) is 0 Å². The van der Waals surface area contributed by atoms with Crippen molar-refractivity contribution in [2.24, 2.45) is 0 Å². The third-order valence-electron chi connectivity index (χ3n) is 12.5. The topological polar surface area (TPSA) is 37.2 Å². The molecule has 3 nitrogen and oxygen atoms in total. The number of nitrogens with one attached hydrogen (secondary N) is 2. The van der Waals surface area contributed by atoms with Gasteiger partial charge in [0.05, 0.1) is 11.4 Å². The van der Waals surface area contributed by atoms with Crippen LogP contribution < -0.4 is 10.6 Å². The molecule has 1 aromatic heterocycles. The average molecular weight is 843 g/mol. The van der Waals surface area contributed by atoms with E-state index < -0.39 is 0 Å². The third-order valence-corrected chi connectivity index (χ3v) is 12.5. The maximum atomic E-state index is 6.71. The number of anilines is 4. The van der Waals surface area contributed by atoms with Crippen molar-refractivity contribution in [3.63, 3.8) is 0 Å². The standard InChI is InChI=1S/C62H54N2O/c1-61(2,3)46-36-53(41-22-11-7-12-23-41)58(54(37-46)42-24-13-8-14-25-42)63-48-34-45(50-31-21-32-52-51-30-19-20-33-57(51)65-60(50)52)35-49(40-48)64-59-55(43-26-15-9-16-27-43)38-47(62(4,5)6)39-56(59)44-28-17-10-18-29-44/h7-40,63-64H,1-6H3. The molecular formula is C62H54N2O. The molecule has 0 bridgehead atoms. The van der Waals surface area contributed by atoms with Crippen LogP contribution >= 0.6 is 0 Å². The van der Waals surface area contributed by atoms with Crippen LogP contribution in [0.15, 0.2) is 211 Å². The van der Waals surface area contributed by atoms with Gasteiger partial charge in [-0.25, -0.2) is 0 Å². The van der Waals surface area contributed by atoms with Gasteiger partial charge in [-0.05, 0) is 98.3 Å². The number of benzene rings is 9. The number of furan rings is 1. The zero-order valence-corrected chi connectivity index (χ0v) is 38.0. The van der Waals surface area contributed by atoms with Crippen LogP contribution in [0.5, 0.6) is 0 Å². The lowest BCUT2D eigenvalue weighted by Gasteiger charge is -2.26. The minimum absolute atomic E-state index is 0.0800. The first-order valence-corrected chi connectivity index (χ1v) is 22.7. The van der Waals surface area contributed by atoms with Crippen molar-refractivity contribution in [3.05, 3.63) is 217 Å². The largest absolute Gasteiger partial charge is 0.455 e. The Morgan fingerprint density at radius 2 is 0.692 bits per heavy atom. The van der Waals surface area contributed by atoms with Gasteiger partial charge in [-0.1, -0.05) is 199 Å². The smallest absolute Gasteiger partial charge is 0.143 e. The van der Waals surface area contributed by atoms with Gasteiger partial charge in [0, 0.05) is 50.0 Å². The molecule has 1 heterocycles. The summed E-state index contributed by atoms with van der Waals surface area (Å²) < 4.78 is 6.71. The first kappa shape index (κ1) is 41.4. The van der Waals surface area contributed by atoms with E-state index in [1.165, 1.54) is 11.1 Å². The minimum Gasteiger partial charge on any atom is -0.455 e. The lowest BCUT2D eigenvalue weighted by molar-refractivity contribution is 0.590. The molecule has 0 atom stereocenters. The van der Waals surface area contributed by atoms with Gasteiger partial charge >= 0.3 is 0 Å². The molecule has 0 saturated carbocycles. The van der Waals surface area contributed by atoms with Crippen molar-refractivity contribution in [3.8, 4) is 55.6 Å². The second kappa shape index (κ2) is 16.8. The Hall–Kier alpha value is -7.62. The number of hydrogen-bond donors (Lipinski definition) is 2. The van der Waals surface area contributed by atoms with E-state index in [1.54, 1.807) is 0 Å². The molecule has 10 aromatic rings. The predicted octanol–water partition coefficient (Wildman–Crippen LogP) is 18.0. The molecule has 0 aliphatic carbocycles. The zero-order valence-electron chi connectivity index (χ0n) is 38.0. The molecule has 2 N–H and O–H groups in total. The van der Waals surface area contributed by atoms with E-state index in [-0.39, 0.29) is 10.8 Å². The van der Waals surface area contributed by atoms with Gasteiger partial charge < -0.3 is 15.1 Å². The molecule has 10 rings (SSSR count). The Labute approximate surface area is 383 Å². The summed E-state index contributed by atoms with van der Waals surface area (Å²) in [6, 6.07) is 74.2. The maximum Gasteiger partial charge on any atom is 0.143 e. The van der Waals surface area contributed by atoms with Gasteiger partial charge in [0.2, 0.25) is 0 Å². The predicted molar refractivity (Wildman–Crippen MR) is 278 cm³/mol. The highest BCUT2D eigenvalue weighted by molar-refractivity contribution is 6.10. The first-order valence-electron chi connectivity index (χ1n) is 22.7. The third kappa shape index (κ3) is 8.34. The van der Waals surface area contributed by atoms with E-state index >= 15 is 0 Å². The van der Waals surface area contributed by atoms with Crippen LogP contribution in [-0.2, 0) is 10.8 Å². The molecule has 3 heteroatoms. The van der Waals surface area contributed by atoms with Crippen molar-refractivity contribution in [2.45, 2.75) is 52.4 Å². The SMILES string of the molecule is CC(C)(C)c1cc(-c2ccccc2)c(Nc2cc(Nc3c(-c4ccccc4)cc(C(C)(C)C)cc3-c3ccccc3)cc(-c3cccc4c3oc3ccccc34)c2)c(-c2ccccc2)c1. The Kier molecular flexibility index (Phi) is 10.7. The second-order valence-corrected chi connectivity index (χ2v) is 19.2. The Morgan fingerprint density at radius 3 is 1.09 bits per heavy atom. The van der Waals surface area contributed by atoms with Crippen molar-refractivity contribution >= 4 is 44.7 Å². The van der Waals surface area contributed by atoms with E-state index in [0.717, 1.165) is 100 Å². The van der Waals surface area contributed by atoms with Crippen LogP contribution in [0.4, 0.5) is 22.7 Å². The van der Waals surface area contributed by atoms with E-state index in [0.29, 0.717) is 0 Å². The summed E-state index contributed by atoms with van der Waals surface area (Å²) in [6.07, 6.45) is 0. The van der Waals surface area contributed by atoms with Crippen molar-refractivity contribution in [1.82, 2.24) is 0 Å². The Balaban J connectivity index is 1.24. The molecule has 0 aliphatic heterocycles. The molecule has 0 fully saturated rings. The minimum atomic E-state index is -0.0800. The monoisotopic (exact) mass is 842 g/mol. The molecule has 0 aliphatic rings. The van der Waals surface area contributed by atoms with Gasteiger partial charge in [-0.2, -0.15) is 0 Å². The van der Waals surface area contributed by atoms with Crippen LogP contribution in [0.2, 0.25) is 0 Å². The van der Waals surface area contributed by atoms with Crippen LogP contribution in [0, 0.1) is 0 Å². The molecule has 0 amide bonds. The van der Waals surface area contributed by atoms with Crippen molar-refractivity contribution < 1.29 is 4.42 Å². The van der Waals surface area contributed by atoms with E-state index in [1.807, 2.05) is 6.07 Å². The van der Waals surface area contributed by atoms with Crippen LogP contribution in [0.1, 0.15) is 52.7 Å². The number of hydrogen-bond acceptors (Lipinski definition) is 3. The quantitative estimate of drug-likeness (QED) is 0.152. The van der Waals surface area contributed by atoms with E-state index in [2.05, 4.69) is 252 Å². The lowest BCUT2D eigenvalue weighted by Crippen LogP contribution is -2.12. The van der Waals surface area contributed by atoms with Crippen LogP contribution in [0.25, 0.3) is 77.6 Å². The molecule has 0 unspecified atom stereocenters. The van der Waals surface area contributed by atoms with Crippen LogP contribution in [-0.4, -0.2) is 0 Å². The average Bonchev–Trinajstić information content (AvgIpc) is 3.71. The molecular weight excluding hydrogens is 789 g/mol. The van der Waals surface area contributed by atoms with Crippen LogP contribution in [0.3, 0.4) is 0 Å². The van der Waals surface area contributed by atoms with Gasteiger partial charge in [-0.3, -0.25) is 0 Å². The van der Waals surface area contributed by atoms with Gasteiger partial charge in [0.25, 0.3) is 0 Å². The maximum absolute atomic E-state index is 6.71.